The van der Waals surface area contributed by atoms with Gasteiger partial charge >= 0.3 is 6.09 Å². The van der Waals surface area contributed by atoms with Gasteiger partial charge in [-0.1, -0.05) is 12.7 Å². The molecule has 0 aromatic heterocycles. The summed E-state index contributed by atoms with van der Waals surface area (Å²) >= 11 is 0. The highest BCUT2D eigenvalue weighted by atomic mass is 16.5. The van der Waals surface area contributed by atoms with E-state index in [1.807, 2.05) is 0 Å². The quantitative estimate of drug-likeness (QED) is 0.487. The van der Waals surface area contributed by atoms with E-state index in [1.54, 1.807) is 0 Å². The number of amides is 2. The maximum absolute atomic E-state index is 10.9. The molecule has 1 unspecified atom stereocenters. The molecule has 2 amide bonds. The molecule has 6 nitrogen and oxygen atoms in total. The first-order valence-electron chi connectivity index (χ1n) is 4.06. The van der Waals surface area contributed by atoms with Crippen LogP contribution >= 0.6 is 0 Å². The molecule has 0 fully saturated rings. The molecule has 0 spiro atoms. The second kappa shape index (κ2) is 6.90. The number of alkyl carbamates (subject to hydrolysis) is 1. The van der Waals surface area contributed by atoms with Crippen molar-refractivity contribution in [2.24, 2.45) is 5.73 Å². The van der Waals surface area contributed by atoms with Gasteiger partial charge in [-0.05, 0) is 6.42 Å². The van der Waals surface area contributed by atoms with Crippen molar-refractivity contribution in [3.63, 3.8) is 0 Å². The molecule has 0 bridgehead atoms. The zero-order chi connectivity index (χ0) is 11.0. The predicted octanol–water partition coefficient (Wildman–Crippen LogP) is -0.865. The van der Waals surface area contributed by atoms with Gasteiger partial charge in [0, 0.05) is 6.61 Å². The Morgan fingerprint density at radius 2 is 2.29 bits per heavy atom. The second-order valence-corrected chi connectivity index (χ2v) is 2.50. The Morgan fingerprint density at radius 3 is 2.71 bits per heavy atom. The topological polar surface area (TPSA) is 102 Å². The predicted molar refractivity (Wildman–Crippen MR) is 49.4 cm³/mol. The van der Waals surface area contributed by atoms with Gasteiger partial charge in [0.1, 0.15) is 12.6 Å². The van der Waals surface area contributed by atoms with Crippen molar-refractivity contribution >= 4 is 12.0 Å². The standard InChI is InChI=1S/C8H14N2O4/c1-2-5-14-8(13)10-6(3-4-11)7(9)12/h2,6,11H,1,3-5H2,(H2,9,12)(H,10,13). The van der Waals surface area contributed by atoms with Crippen LogP contribution in [0.15, 0.2) is 12.7 Å². The van der Waals surface area contributed by atoms with Crippen LogP contribution in [0.2, 0.25) is 0 Å². The number of ether oxygens (including phenoxy) is 1. The molecule has 0 aliphatic rings. The highest BCUT2D eigenvalue weighted by molar-refractivity contribution is 5.84. The largest absolute Gasteiger partial charge is 0.445 e. The fourth-order valence-electron chi connectivity index (χ4n) is 0.733. The summed E-state index contributed by atoms with van der Waals surface area (Å²) in [5, 5.41) is 10.8. The minimum Gasteiger partial charge on any atom is -0.445 e. The van der Waals surface area contributed by atoms with E-state index >= 15 is 0 Å². The van der Waals surface area contributed by atoms with Crippen molar-refractivity contribution in [2.75, 3.05) is 13.2 Å². The van der Waals surface area contributed by atoms with Gasteiger partial charge in [0.05, 0.1) is 0 Å². The number of carbonyl (C=O) groups excluding carboxylic acids is 2. The normalized spacial score (nSPS) is 11.5. The first kappa shape index (κ1) is 12.4. The Kier molecular flexibility index (Phi) is 6.13. The number of primary amides is 1. The van der Waals surface area contributed by atoms with E-state index in [1.165, 1.54) is 6.08 Å². The summed E-state index contributed by atoms with van der Waals surface area (Å²) in [6.45, 7) is 3.16. The van der Waals surface area contributed by atoms with E-state index in [0.717, 1.165) is 0 Å². The van der Waals surface area contributed by atoms with Crippen LogP contribution in [0.4, 0.5) is 4.79 Å². The molecule has 0 heterocycles. The molecular weight excluding hydrogens is 188 g/mol. The average Bonchev–Trinajstić information content (AvgIpc) is 2.14. The minimum absolute atomic E-state index is 0.0520. The molecule has 0 radical (unpaired) electrons. The van der Waals surface area contributed by atoms with E-state index in [9.17, 15) is 9.59 Å². The number of nitrogens with two attached hydrogens (primary N) is 1. The molecule has 0 aromatic rings. The van der Waals surface area contributed by atoms with Crippen molar-refractivity contribution in [3.05, 3.63) is 12.7 Å². The summed E-state index contributed by atoms with van der Waals surface area (Å²) in [6, 6.07) is -0.905. The lowest BCUT2D eigenvalue weighted by Gasteiger charge is -2.13. The molecule has 0 aromatic carbocycles. The van der Waals surface area contributed by atoms with Crippen LogP contribution in [0.3, 0.4) is 0 Å². The highest BCUT2D eigenvalue weighted by Gasteiger charge is 2.17. The second-order valence-electron chi connectivity index (χ2n) is 2.50. The number of hydrogen-bond acceptors (Lipinski definition) is 4. The van der Waals surface area contributed by atoms with E-state index in [4.69, 9.17) is 10.8 Å². The van der Waals surface area contributed by atoms with Crippen molar-refractivity contribution in [2.45, 2.75) is 12.5 Å². The van der Waals surface area contributed by atoms with Crippen LogP contribution in [0, 0.1) is 0 Å². The van der Waals surface area contributed by atoms with Crippen LogP contribution in [0.5, 0.6) is 0 Å². The molecule has 6 heteroatoms. The van der Waals surface area contributed by atoms with Gasteiger partial charge in [-0.15, -0.1) is 0 Å². The summed E-state index contributed by atoms with van der Waals surface area (Å²) in [6.07, 6.45) is 0.700. The Labute approximate surface area is 81.7 Å². The Hall–Kier alpha value is -1.56. The SMILES string of the molecule is C=CCOC(=O)NC(CCO)C(N)=O. The van der Waals surface area contributed by atoms with E-state index < -0.39 is 18.0 Å². The fourth-order valence-corrected chi connectivity index (χ4v) is 0.733. The Morgan fingerprint density at radius 1 is 1.64 bits per heavy atom. The van der Waals surface area contributed by atoms with Gasteiger partial charge in [-0.2, -0.15) is 0 Å². The zero-order valence-electron chi connectivity index (χ0n) is 7.73. The molecular formula is C8H14N2O4. The number of rotatable bonds is 6. The summed E-state index contributed by atoms with van der Waals surface area (Å²) in [7, 11) is 0. The van der Waals surface area contributed by atoms with E-state index in [2.05, 4.69) is 16.6 Å². The molecule has 1 atom stereocenters. The lowest BCUT2D eigenvalue weighted by atomic mass is 10.2. The van der Waals surface area contributed by atoms with Gasteiger partial charge in [-0.3, -0.25) is 4.79 Å². The van der Waals surface area contributed by atoms with Crippen molar-refractivity contribution in [1.29, 1.82) is 0 Å². The van der Waals surface area contributed by atoms with E-state index in [-0.39, 0.29) is 19.6 Å². The lowest BCUT2D eigenvalue weighted by Crippen LogP contribution is -2.45. The van der Waals surface area contributed by atoms with Crippen LogP contribution < -0.4 is 11.1 Å². The van der Waals surface area contributed by atoms with Gasteiger partial charge < -0.3 is 20.9 Å². The summed E-state index contributed by atoms with van der Waals surface area (Å²) in [4.78, 5) is 21.6. The molecule has 80 valence electrons. The summed E-state index contributed by atoms with van der Waals surface area (Å²) in [5.41, 5.74) is 4.96. The van der Waals surface area contributed by atoms with Crippen molar-refractivity contribution in [1.82, 2.24) is 5.32 Å². The van der Waals surface area contributed by atoms with Gasteiger partial charge in [0.25, 0.3) is 0 Å². The van der Waals surface area contributed by atoms with Gasteiger partial charge in [-0.25, -0.2) is 4.79 Å². The van der Waals surface area contributed by atoms with Crippen LogP contribution in [0.25, 0.3) is 0 Å². The lowest BCUT2D eigenvalue weighted by molar-refractivity contribution is -0.120. The third kappa shape index (κ3) is 5.15. The van der Waals surface area contributed by atoms with Gasteiger partial charge in [0.15, 0.2) is 0 Å². The maximum atomic E-state index is 10.9. The van der Waals surface area contributed by atoms with E-state index in [0.29, 0.717) is 0 Å². The molecule has 0 aliphatic carbocycles. The van der Waals surface area contributed by atoms with Crippen molar-refractivity contribution in [3.8, 4) is 0 Å². The molecule has 4 N–H and O–H groups in total. The monoisotopic (exact) mass is 202 g/mol. The highest BCUT2D eigenvalue weighted by Crippen LogP contribution is 1.91. The Balaban J connectivity index is 3.95. The number of hydrogen-bond donors (Lipinski definition) is 3. The zero-order valence-corrected chi connectivity index (χ0v) is 7.73. The van der Waals surface area contributed by atoms with Crippen LogP contribution in [-0.4, -0.2) is 36.4 Å². The first-order valence-corrected chi connectivity index (χ1v) is 4.06. The average molecular weight is 202 g/mol. The third-order valence-electron chi connectivity index (χ3n) is 1.39. The molecule has 0 saturated carbocycles. The maximum Gasteiger partial charge on any atom is 0.408 e. The van der Waals surface area contributed by atoms with Crippen molar-refractivity contribution < 1.29 is 19.4 Å². The number of nitrogens with one attached hydrogen (secondary N) is 1. The number of carbonyl (C=O) groups is 2. The van der Waals surface area contributed by atoms with Crippen LogP contribution in [-0.2, 0) is 9.53 Å². The third-order valence-corrected chi connectivity index (χ3v) is 1.39. The minimum atomic E-state index is -0.905. The number of aliphatic hydroxyl groups excluding tert-OH is 1. The van der Waals surface area contributed by atoms with Crippen LogP contribution in [0.1, 0.15) is 6.42 Å². The first-order chi connectivity index (χ1) is 6.61. The summed E-state index contributed by atoms with van der Waals surface area (Å²) in [5.74, 6) is -0.713. The number of aliphatic hydroxyl groups is 1. The Bertz CT molecular complexity index is 217. The molecule has 0 aliphatic heterocycles. The van der Waals surface area contributed by atoms with Gasteiger partial charge in [0.2, 0.25) is 5.91 Å². The molecule has 0 rings (SSSR count). The fraction of sp³-hybridized carbons (Fsp3) is 0.500. The smallest absolute Gasteiger partial charge is 0.408 e. The molecule has 0 saturated heterocycles. The molecule has 14 heavy (non-hydrogen) atoms. The summed E-state index contributed by atoms with van der Waals surface area (Å²) < 4.78 is 4.56.